The lowest BCUT2D eigenvalue weighted by Gasteiger charge is -2.01. The first-order chi connectivity index (χ1) is 5.86. The molecule has 0 saturated heterocycles. The molecule has 0 aliphatic heterocycles. The summed E-state index contributed by atoms with van der Waals surface area (Å²) >= 11 is 0. The third-order valence-corrected chi connectivity index (χ3v) is 1.47. The number of benzene rings is 1. The molecule has 0 atom stereocenters. The Hall–Kier alpha value is -1.49. The summed E-state index contributed by atoms with van der Waals surface area (Å²) in [5.74, 6) is 0.846. The van der Waals surface area contributed by atoms with Crippen LogP contribution >= 0.6 is 0 Å². The molecule has 0 heterocycles. The van der Waals surface area contributed by atoms with Crippen LogP contribution in [-0.2, 0) is 6.54 Å². The third-order valence-electron chi connectivity index (χ3n) is 1.47. The fraction of sp³-hybridized carbons (Fsp3) is 0.300. The van der Waals surface area contributed by atoms with Crippen molar-refractivity contribution in [2.45, 2.75) is 13.5 Å². The highest BCUT2D eigenvalue weighted by atomic mass is 16.5. The largest absolute Gasteiger partial charge is 0.494 e. The van der Waals surface area contributed by atoms with Crippen LogP contribution in [0.2, 0.25) is 0 Å². The first kappa shape index (κ1) is 8.61. The molecule has 0 N–H and O–H groups in total. The Kier molecular flexibility index (Phi) is 3.16. The summed E-state index contributed by atoms with van der Waals surface area (Å²) in [6.45, 7) is 9.74. The van der Waals surface area contributed by atoms with Crippen molar-refractivity contribution >= 4 is 0 Å². The van der Waals surface area contributed by atoms with Crippen molar-refractivity contribution in [2.24, 2.45) is 0 Å². The number of rotatable bonds is 3. The molecule has 0 aliphatic carbocycles. The summed E-state index contributed by atoms with van der Waals surface area (Å²) in [6, 6.07) is 7.64. The van der Waals surface area contributed by atoms with E-state index in [0.717, 1.165) is 11.3 Å². The number of hydrogen-bond donors (Lipinski definition) is 0. The fourth-order valence-electron chi connectivity index (χ4n) is 0.992. The first-order valence-electron chi connectivity index (χ1n) is 3.91. The van der Waals surface area contributed by atoms with Gasteiger partial charge in [-0.15, -0.1) is 0 Å². The van der Waals surface area contributed by atoms with Gasteiger partial charge in [-0.2, -0.15) is 0 Å². The molecular formula is C10H11NO. The second kappa shape index (κ2) is 4.40. The van der Waals surface area contributed by atoms with Gasteiger partial charge in [-0.3, -0.25) is 0 Å². The lowest BCUT2D eigenvalue weighted by molar-refractivity contribution is 0.340. The Morgan fingerprint density at radius 3 is 3.00 bits per heavy atom. The quantitative estimate of drug-likeness (QED) is 0.621. The van der Waals surface area contributed by atoms with Crippen molar-refractivity contribution in [2.75, 3.05) is 6.61 Å². The summed E-state index contributed by atoms with van der Waals surface area (Å²) in [5.41, 5.74) is 1.01. The zero-order chi connectivity index (χ0) is 8.81. The van der Waals surface area contributed by atoms with Gasteiger partial charge in [-0.1, -0.05) is 12.1 Å². The van der Waals surface area contributed by atoms with Gasteiger partial charge in [0.1, 0.15) is 5.75 Å². The number of ether oxygens (including phenoxy) is 1. The molecule has 12 heavy (non-hydrogen) atoms. The zero-order valence-electron chi connectivity index (χ0n) is 7.08. The Morgan fingerprint density at radius 1 is 1.50 bits per heavy atom. The first-order valence-corrected chi connectivity index (χ1v) is 3.91. The van der Waals surface area contributed by atoms with Gasteiger partial charge in [0.05, 0.1) is 6.61 Å². The monoisotopic (exact) mass is 161 g/mol. The van der Waals surface area contributed by atoms with E-state index in [9.17, 15) is 0 Å². The average Bonchev–Trinajstić information content (AvgIpc) is 2.06. The average molecular weight is 161 g/mol. The summed E-state index contributed by atoms with van der Waals surface area (Å²) in [6.07, 6.45) is 0. The minimum atomic E-state index is 0.431. The molecule has 1 aromatic rings. The normalized spacial score (nSPS) is 9.00. The van der Waals surface area contributed by atoms with Gasteiger partial charge in [-0.25, -0.2) is 6.57 Å². The van der Waals surface area contributed by atoms with Crippen molar-refractivity contribution in [3.05, 3.63) is 41.2 Å². The molecule has 0 spiro atoms. The Balaban J connectivity index is 2.75. The van der Waals surface area contributed by atoms with E-state index >= 15 is 0 Å². The summed E-state index contributed by atoms with van der Waals surface area (Å²) < 4.78 is 5.29. The molecular weight excluding hydrogens is 150 g/mol. The molecule has 62 valence electrons. The molecule has 0 amide bonds. The van der Waals surface area contributed by atoms with Crippen molar-refractivity contribution in [1.29, 1.82) is 0 Å². The van der Waals surface area contributed by atoms with E-state index in [-0.39, 0.29) is 0 Å². The molecule has 1 rings (SSSR count). The van der Waals surface area contributed by atoms with Gasteiger partial charge >= 0.3 is 0 Å². The standard InChI is InChI=1S/C10H11NO/c1-3-12-10-6-4-5-9(7-10)8-11-2/h4-7H,3,8H2,1H3. The van der Waals surface area contributed by atoms with Crippen LogP contribution < -0.4 is 4.74 Å². The lowest BCUT2D eigenvalue weighted by Crippen LogP contribution is -1.91. The Bertz CT molecular complexity index is 288. The van der Waals surface area contributed by atoms with Crippen molar-refractivity contribution in [3.63, 3.8) is 0 Å². The van der Waals surface area contributed by atoms with Crippen molar-refractivity contribution in [3.8, 4) is 5.75 Å². The van der Waals surface area contributed by atoms with Gasteiger partial charge in [-0.05, 0) is 19.1 Å². The summed E-state index contributed by atoms with van der Waals surface area (Å²) in [5, 5.41) is 0. The molecule has 0 fully saturated rings. The SMILES string of the molecule is [C-]#[N+]Cc1cccc(OCC)c1. The Labute approximate surface area is 72.6 Å². The minimum absolute atomic E-state index is 0.431. The van der Waals surface area contributed by atoms with Gasteiger partial charge in [0.15, 0.2) is 0 Å². The van der Waals surface area contributed by atoms with Crippen LogP contribution in [0.25, 0.3) is 4.85 Å². The van der Waals surface area contributed by atoms with Crippen LogP contribution in [0.4, 0.5) is 0 Å². The van der Waals surface area contributed by atoms with Gasteiger partial charge < -0.3 is 9.58 Å². The maximum atomic E-state index is 6.70. The van der Waals surface area contributed by atoms with E-state index in [0.29, 0.717) is 13.2 Å². The highest BCUT2D eigenvalue weighted by Gasteiger charge is 1.96. The maximum absolute atomic E-state index is 6.70. The van der Waals surface area contributed by atoms with Crippen LogP contribution in [0.1, 0.15) is 12.5 Å². The van der Waals surface area contributed by atoms with Crippen LogP contribution in [0.3, 0.4) is 0 Å². The topological polar surface area (TPSA) is 13.6 Å². The van der Waals surface area contributed by atoms with E-state index in [1.807, 2.05) is 31.2 Å². The van der Waals surface area contributed by atoms with Gasteiger partial charge in [0.2, 0.25) is 6.54 Å². The van der Waals surface area contributed by atoms with Crippen molar-refractivity contribution in [1.82, 2.24) is 0 Å². The smallest absolute Gasteiger partial charge is 0.239 e. The summed E-state index contributed by atoms with van der Waals surface area (Å²) in [7, 11) is 0. The molecule has 0 aromatic heterocycles. The van der Waals surface area contributed by atoms with Gasteiger partial charge in [0.25, 0.3) is 0 Å². The molecule has 0 unspecified atom stereocenters. The highest BCUT2D eigenvalue weighted by molar-refractivity contribution is 5.29. The van der Waals surface area contributed by atoms with E-state index in [2.05, 4.69) is 4.85 Å². The highest BCUT2D eigenvalue weighted by Crippen LogP contribution is 2.13. The fourth-order valence-corrected chi connectivity index (χ4v) is 0.992. The second-order valence-corrected chi connectivity index (χ2v) is 2.40. The predicted molar refractivity (Wildman–Crippen MR) is 47.9 cm³/mol. The number of nitrogens with zero attached hydrogens (tertiary/aromatic N) is 1. The summed E-state index contributed by atoms with van der Waals surface area (Å²) in [4.78, 5) is 3.30. The predicted octanol–water partition coefficient (Wildman–Crippen LogP) is 2.50. The second-order valence-electron chi connectivity index (χ2n) is 2.40. The molecule has 0 aliphatic rings. The van der Waals surface area contributed by atoms with Crippen LogP contribution in [-0.4, -0.2) is 6.61 Å². The Morgan fingerprint density at radius 2 is 2.33 bits per heavy atom. The molecule has 2 nitrogen and oxygen atoms in total. The van der Waals surface area contributed by atoms with E-state index in [1.54, 1.807) is 0 Å². The molecule has 0 saturated carbocycles. The zero-order valence-corrected chi connectivity index (χ0v) is 7.08. The maximum Gasteiger partial charge on any atom is 0.239 e. The van der Waals surface area contributed by atoms with E-state index in [4.69, 9.17) is 11.3 Å². The van der Waals surface area contributed by atoms with Crippen LogP contribution in [0.5, 0.6) is 5.75 Å². The molecule has 2 heteroatoms. The third kappa shape index (κ3) is 2.28. The van der Waals surface area contributed by atoms with E-state index in [1.165, 1.54) is 0 Å². The number of hydrogen-bond acceptors (Lipinski definition) is 1. The van der Waals surface area contributed by atoms with E-state index < -0.39 is 0 Å². The van der Waals surface area contributed by atoms with Crippen LogP contribution in [0, 0.1) is 6.57 Å². The van der Waals surface area contributed by atoms with Gasteiger partial charge in [0, 0.05) is 5.56 Å². The lowest BCUT2D eigenvalue weighted by atomic mass is 10.2. The minimum Gasteiger partial charge on any atom is -0.494 e. The molecule has 0 bridgehead atoms. The molecule has 0 radical (unpaired) electrons. The van der Waals surface area contributed by atoms with Crippen molar-refractivity contribution < 1.29 is 4.74 Å². The molecule has 1 aromatic carbocycles. The van der Waals surface area contributed by atoms with Crippen LogP contribution in [0.15, 0.2) is 24.3 Å².